The van der Waals surface area contributed by atoms with Crippen molar-refractivity contribution in [1.29, 1.82) is 0 Å². The second-order valence-electron chi connectivity index (χ2n) is 4.52. The summed E-state index contributed by atoms with van der Waals surface area (Å²) in [5, 5.41) is 3.31. The Morgan fingerprint density at radius 1 is 1.13 bits per heavy atom. The van der Waals surface area contributed by atoms with Gasteiger partial charge in [0.05, 0.1) is 12.3 Å². The van der Waals surface area contributed by atoms with E-state index >= 15 is 0 Å². The van der Waals surface area contributed by atoms with Crippen LogP contribution in [0.3, 0.4) is 0 Å². The van der Waals surface area contributed by atoms with Crippen molar-refractivity contribution in [3.63, 3.8) is 0 Å². The number of hydrogen-bond donors (Lipinski definition) is 1. The minimum Gasteiger partial charge on any atom is -0.492 e. The van der Waals surface area contributed by atoms with Crippen LogP contribution in [0, 0.1) is 11.6 Å². The Bertz CT molecular complexity index is 668. The molecule has 0 heterocycles. The lowest BCUT2D eigenvalue weighted by Gasteiger charge is -2.08. The highest BCUT2D eigenvalue weighted by atomic mass is 35.5. The van der Waals surface area contributed by atoms with Gasteiger partial charge < -0.3 is 10.1 Å². The lowest BCUT2D eigenvalue weighted by molar-refractivity contribution is -0.118. The average Bonchev–Trinajstić information content (AvgIpc) is 2.54. The normalized spacial score (nSPS) is 10.4. The molecule has 0 aliphatic rings. The zero-order valence-electron chi connectivity index (χ0n) is 12.0. The zero-order valence-corrected chi connectivity index (χ0v) is 13.6. The molecule has 0 atom stereocenters. The summed E-state index contributed by atoms with van der Waals surface area (Å²) in [6, 6.07) is 10.4. The molecule has 0 aliphatic heterocycles. The topological polar surface area (TPSA) is 38.3 Å². The van der Waals surface area contributed by atoms with Crippen LogP contribution in [-0.4, -0.2) is 24.8 Å². The fourth-order valence-electron chi connectivity index (χ4n) is 1.66. The van der Waals surface area contributed by atoms with Gasteiger partial charge in [-0.1, -0.05) is 11.6 Å². The molecule has 7 heteroatoms. The molecule has 0 fully saturated rings. The largest absolute Gasteiger partial charge is 0.492 e. The number of nitrogens with one attached hydrogen (secondary N) is 1. The van der Waals surface area contributed by atoms with Gasteiger partial charge in [0.1, 0.15) is 12.4 Å². The second-order valence-corrected chi connectivity index (χ2v) is 6.00. The molecule has 23 heavy (non-hydrogen) atoms. The van der Waals surface area contributed by atoms with Crippen molar-refractivity contribution in [2.24, 2.45) is 0 Å². The number of benzene rings is 2. The number of carbonyl (C=O) groups excluding carboxylic acids is 1. The highest BCUT2D eigenvalue weighted by molar-refractivity contribution is 8.00. The van der Waals surface area contributed by atoms with E-state index in [9.17, 15) is 13.6 Å². The molecule has 0 saturated heterocycles. The summed E-state index contributed by atoms with van der Waals surface area (Å²) in [6.07, 6.45) is 0. The Kier molecular flexibility index (Phi) is 6.67. The summed E-state index contributed by atoms with van der Waals surface area (Å²) < 4.78 is 31.2. The maximum Gasteiger partial charge on any atom is 0.230 e. The summed E-state index contributed by atoms with van der Waals surface area (Å²) >= 11 is 6.89. The van der Waals surface area contributed by atoms with E-state index in [1.165, 1.54) is 6.07 Å². The molecule has 0 unspecified atom stereocenters. The molecular weight excluding hydrogens is 344 g/mol. The predicted octanol–water partition coefficient (Wildman–Crippen LogP) is 3.91. The predicted molar refractivity (Wildman–Crippen MR) is 87.0 cm³/mol. The van der Waals surface area contributed by atoms with E-state index in [2.05, 4.69) is 5.32 Å². The van der Waals surface area contributed by atoms with E-state index in [1.54, 1.807) is 24.3 Å². The molecule has 0 spiro atoms. The van der Waals surface area contributed by atoms with Crippen LogP contribution in [0.1, 0.15) is 0 Å². The highest BCUT2D eigenvalue weighted by Gasteiger charge is 2.06. The van der Waals surface area contributed by atoms with E-state index in [0.717, 1.165) is 23.9 Å². The van der Waals surface area contributed by atoms with Crippen molar-refractivity contribution in [2.75, 3.05) is 18.9 Å². The van der Waals surface area contributed by atoms with Crippen molar-refractivity contribution in [2.45, 2.75) is 4.90 Å². The van der Waals surface area contributed by atoms with Gasteiger partial charge >= 0.3 is 0 Å². The summed E-state index contributed by atoms with van der Waals surface area (Å²) in [7, 11) is 0. The molecule has 2 aromatic rings. The highest BCUT2D eigenvalue weighted by Crippen LogP contribution is 2.20. The van der Waals surface area contributed by atoms with Gasteiger partial charge in [0, 0.05) is 9.92 Å². The zero-order chi connectivity index (χ0) is 16.7. The number of carbonyl (C=O) groups is 1. The minimum absolute atomic E-state index is 0.117. The molecule has 2 aromatic carbocycles. The molecule has 0 bridgehead atoms. The quantitative estimate of drug-likeness (QED) is 0.603. The first kappa shape index (κ1) is 17.6. The Labute approximate surface area is 142 Å². The van der Waals surface area contributed by atoms with Gasteiger partial charge in [0.15, 0.2) is 11.6 Å². The van der Waals surface area contributed by atoms with Crippen molar-refractivity contribution in [3.05, 3.63) is 59.1 Å². The Balaban J connectivity index is 1.65. The summed E-state index contributed by atoms with van der Waals surface area (Å²) in [5.74, 6) is -1.25. The average molecular weight is 358 g/mol. The Morgan fingerprint density at radius 2 is 1.87 bits per heavy atom. The van der Waals surface area contributed by atoms with Crippen LogP contribution < -0.4 is 10.1 Å². The number of hydrogen-bond acceptors (Lipinski definition) is 3. The lowest BCUT2D eigenvalue weighted by atomic mass is 10.3. The van der Waals surface area contributed by atoms with Crippen LogP contribution >= 0.6 is 23.4 Å². The van der Waals surface area contributed by atoms with Crippen molar-refractivity contribution in [3.8, 4) is 5.75 Å². The summed E-state index contributed by atoms with van der Waals surface area (Å²) in [6.45, 7) is 0.670. The van der Waals surface area contributed by atoms with Crippen molar-refractivity contribution < 1.29 is 18.3 Å². The van der Waals surface area contributed by atoms with Crippen LogP contribution in [0.4, 0.5) is 8.78 Å². The van der Waals surface area contributed by atoms with E-state index in [4.69, 9.17) is 16.3 Å². The van der Waals surface area contributed by atoms with Gasteiger partial charge in [0.25, 0.3) is 0 Å². The number of amides is 1. The number of rotatable bonds is 7. The smallest absolute Gasteiger partial charge is 0.230 e. The fourth-order valence-corrected chi connectivity index (χ4v) is 2.53. The first-order valence-corrected chi connectivity index (χ1v) is 8.14. The van der Waals surface area contributed by atoms with Crippen LogP contribution in [0.25, 0.3) is 0 Å². The molecular formula is C16H14ClF2NO2S. The van der Waals surface area contributed by atoms with Gasteiger partial charge in [0.2, 0.25) is 5.91 Å². The molecule has 1 amide bonds. The lowest BCUT2D eigenvalue weighted by Crippen LogP contribution is -2.29. The Morgan fingerprint density at radius 3 is 2.57 bits per heavy atom. The molecule has 2 rings (SSSR count). The standard InChI is InChI=1S/C16H14ClF2NO2S/c17-11-1-3-12(4-2-11)22-8-7-20-16(21)10-23-13-5-6-14(18)15(19)9-13/h1-6,9H,7-8,10H2,(H,20,21). The SMILES string of the molecule is O=C(CSc1ccc(F)c(F)c1)NCCOc1ccc(Cl)cc1. The molecule has 0 aromatic heterocycles. The molecule has 0 saturated carbocycles. The molecule has 122 valence electrons. The van der Waals surface area contributed by atoms with Crippen LogP contribution in [0.2, 0.25) is 5.02 Å². The first-order valence-electron chi connectivity index (χ1n) is 6.77. The van der Waals surface area contributed by atoms with Crippen molar-refractivity contribution >= 4 is 29.3 Å². The number of thioether (sulfide) groups is 1. The third-order valence-corrected chi connectivity index (χ3v) is 4.01. The van der Waals surface area contributed by atoms with Gasteiger partial charge in [-0.15, -0.1) is 11.8 Å². The van der Waals surface area contributed by atoms with E-state index in [0.29, 0.717) is 28.8 Å². The van der Waals surface area contributed by atoms with E-state index in [-0.39, 0.29) is 11.7 Å². The van der Waals surface area contributed by atoms with Crippen molar-refractivity contribution in [1.82, 2.24) is 5.32 Å². The van der Waals surface area contributed by atoms with Crippen LogP contribution in [0.15, 0.2) is 47.4 Å². The van der Waals surface area contributed by atoms with Gasteiger partial charge in [-0.05, 0) is 42.5 Å². The monoisotopic (exact) mass is 357 g/mol. The number of halogens is 3. The van der Waals surface area contributed by atoms with E-state index < -0.39 is 11.6 Å². The summed E-state index contributed by atoms with van der Waals surface area (Å²) in [4.78, 5) is 12.1. The first-order chi connectivity index (χ1) is 11.0. The number of ether oxygens (including phenoxy) is 1. The molecule has 0 aliphatic carbocycles. The third-order valence-electron chi connectivity index (χ3n) is 2.77. The maximum absolute atomic E-state index is 13.0. The minimum atomic E-state index is -0.924. The third kappa shape index (κ3) is 6.08. The van der Waals surface area contributed by atoms with Gasteiger partial charge in [-0.25, -0.2) is 8.78 Å². The van der Waals surface area contributed by atoms with Gasteiger partial charge in [-0.2, -0.15) is 0 Å². The molecule has 3 nitrogen and oxygen atoms in total. The van der Waals surface area contributed by atoms with E-state index in [1.807, 2.05) is 0 Å². The maximum atomic E-state index is 13.0. The van der Waals surface area contributed by atoms with Gasteiger partial charge in [-0.3, -0.25) is 4.79 Å². The Hall–Kier alpha value is -1.79. The second kappa shape index (κ2) is 8.74. The molecule has 0 radical (unpaired) electrons. The van der Waals surface area contributed by atoms with Crippen LogP contribution in [-0.2, 0) is 4.79 Å². The summed E-state index contributed by atoms with van der Waals surface area (Å²) in [5.41, 5.74) is 0. The van der Waals surface area contributed by atoms with Crippen LogP contribution in [0.5, 0.6) is 5.75 Å². The fraction of sp³-hybridized carbons (Fsp3) is 0.188. The molecule has 1 N–H and O–H groups in total.